The molecule has 0 radical (unpaired) electrons. The maximum Gasteiger partial charge on any atom is 0.410 e. The molecule has 59 heavy (non-hydrogen) atoms. The maximum absolute atomic E-state index is 14.1. The Morgan fingerprint density at radius 1 is 0.627 bits per heavy atom. The third-order valence-electron chi connectivity index (χ3n) is 12.1. The number of hydrogen-bond acceptors (Lipinski definition) is 9. The normalized spacial score (nSPS) is 22.1. The Balaban J connectivity index is 1.09. The van der Waals surface area contributed by atoms with Crippen LogP contribution < -0.4 is 14.4 Å². The van der Waals surface area contributed by atoms with E-state index in [2.05, 4.69) is 37.8 Å². The Hall–Kier alpha value is -4.66. The maximum atomic E-state index is 14.1. The topological polar surface area (TPSA) is 125 Å². The van der Waals surface area contributed by atoms with Crippen LogP contribution in [0.15, 0.2) is 36.4 Å². The van der Waals surface area contributed by atoms with E-state index in [9.17, 15) is 19.6 Å². The van der Waals surface area contributed by atoms with E-state index < -0.39 is 11.2 Å². The van der Waals surface area contributed by atoms with Crippen LogP contribution in [0.25, 0.3) is 0 Å². The number of benzene rings is 2. The number of carbonyl (C=O) groups is 3. The van der Waals surface area contributed by atoms with Crippen molar-refractivity contribution in [2.45, 2.75) is 137 Å². The van der Waals surface area contributed by atoms with Gasteiger partial charge in [0.05, 0.1) is 12.1 Å². The number of rotatable bonds is 7. The van der Waals surface area contributed by atoms with Gasteiger partial charge in [0.1, 0.15) is 41.0 Å². The largest absolute Gasteiger partial charge is 0.489 e. The lowest BCUT2D eigenvalue weighted by Gasteiger charge is -2.37. The molecule has 4 aliphatic rings. The Bertz CT molecular complexity index is 1850. The molecule has 3 saturated heterocycles. The van der Waals surface area contributed by atoms with Crippen molar-refractivity contribution in [3.8, 4) is 17.6 Å². The van der Waals surface area contributed by atoms with Gasteiger partial charge in [0, 0.05) is 82.4 Å². The molecule has 2 aromatic carbocycles. The molecule has 12 heteroatoms. The molecule has 12 nitrogen and oxygen atoms in total. The van der Waals surface area contributed by atoms with Crippen molar-refractivity contribution < 1.29 is 33.3 Å². The first-order valence-corrected chi connectivity index (χ1v) is 21.8. The van der Waals surface area contributed by atoms with Crippen molar-refractivity contribution in [1.29, 1.82) is 5.26 Å². The minimum atomic E-state index is -0.559. The van der Waals surface area contributed by atoms with E-state index in [1.54, 1.807) is 15.9 Å². The summed E-state index contributed by atoms with van der Waals surface area (Å²) in [5.74, 6) is 2.30. The van der Waals surface area contributed by atoms with Gasteiger partial charge >= 0.3 is 12.2 Å². The van der Waals surface area contributed by atoms with E-state index in [-0.39, 0.29) is 41.6 Å². The highest BCUT2D eigenvalue weighted by atomic mass is 16.6. The van der Waals surface area contributed by atoms with E-state index in [0.29, 0.717) is 88.0 Å². The van der Waals surface area contributed by atoms with Crippen molar-refractivity contribution in [3.05, 3.63) is 53.1 Å². The molecular weight excluding hydrogens is 747 g/mol. The number of piperidine rings is 1. The number of carbonyl (C=O) groups excluding carboxylic acids is 3. The van der Waals surface area contributed by atoms with Crippen molar-refractivity contribution in [2.24, 2.45) is 11.3 Å². The van der Waals surface area contributed by atoms with Crippen LogP contribution in [0.2, 0.25) is 0 Å². The number of nitrogens with zero attached hydrogens (tertiary/aromatic N) is 5. The number of nitriles is 1. The van der Waals surface area contributed by atoms with Crippen LogP contribution in [0.1, 0.15) is 135 Å². The molecule has 0 unspecified atom stereocenters. The molecule has 1 saturated carbocycles. The lowest BCUT2D eigenvalue weighted by molar-refractivity contribution is 0.0237. The first-order chi connectivity index (χ1) is 27.8. The number of anilines is 1. The predicted octanol–water partition coefficient (Wildman–Crippen LogP) is 9.01. The number of piperazine rings is 1. The van der Waals surface area contributed by atoms with Crippen molar-refractivity contribution in [1.82, 2.24) is 14.7 Å². The molecule has 4 fully saturated rings. The first kappa shape index (κ1) is 43.9. The average Bonchev–Trinajstić information content (AvgIpc) is 3.65. The molecule has 0 N–H and O–H groups in total. The Kier molecular flexibility index (Phi) is 13.3. The van der Waals surface area contributed by atoms with Crippen molar-refractivity contribution in [2.75, 3.05) is 57.3 Å². The fraction of sp³-hybridized carbons (Fsp3) is 0.660. The summed E-state index contributed by atoms with van der Waals surface area (Å²) < 4.78 is 24.3. The quantitative estimate of drug-likeness (QED) is 0.269. The summed E-state index contributed by atoms with van der Waals surface area (Å²) in [6, 6.07) is 13.9. The van der Waals surface area contributed by atoms with Crippen LogP contribution in [-0.4, -0.2) is 109 Å². The third kappa shape index (κ3) is 11.5. The van der Waals surface area contributed by atoms with Gasteiger partial charge in [-0.15, -0.1) is 0 Å². The predicted molar refractivity (Wildman–Crippen MR) is 228 cm³/mol. The van der Waals surface area contributed by atoms with E-state index in [4.69, 9.17) is 18.9 Å². The lowest BCUT2D eigenvalue weighted by atomic mass is 9.68. The molecular formula is C47H67N5O7. The number of hydrogen-bond donors (Lipinski definition) is 0. The highest BCUT2D eigenvalue weighted by Gasteiger charge is 2.35. The van der Waals surface area contributed by atoms with Crippen LogP contribution in [0.3, 0.4) is 0 Å². The SMILES string of the molecule is CC(C)(C)OC(=O)N1CCN(c2ccc(C#N)c(OC3CCN(C(=O)c4ccc(O[C@H]5CCN(C(=O)OC(C)(C)C)C5)c(C5CCC(C(C)(C)C)CC5)c4)CC3)c2)CC1. The summed E-state index contributed by atoms with van der Waals surface area (Å²) in [6.07, 6.45) is 5.48. The van der Waals surface area contributed by atoms with Gasteiger partial charge in [0.2, 0.25) is 0 Å². The molecule has 0 spiro atoms. The third-order valence-corrected chi connectivity index (χ3v) is 12.1. The van der Waals surface area contributed by atoms with Crippen LogP contribution in [0, 0.1) is 22.7 Å². The minimum absolute atomic E-state index is 0.00169. The summed E-state index contributed by atoms with van der Waals surface area (Å²) in [4.78, 5) is 47.1. The number of likely N-dealkylation sites (tertiary alicyclic amines) is 2. The molecule has 1 aliphatic carbocycles. The van der Waals surface area contributed by atoms with E-state index >= 15 is 0 Å². The zero-order chi connectivity index (χ0) is 42.7. The molecule has 0 aromatic heterocycles. The summed E-state index contributed by atoms with van der Waals surface area (Å²) >= 11 is 0. The fourth-order valence-electron chi connectivity index (χ4n) is 8.78. The average molecular weight is 814 g/mol. The summed E-state index contributed by atoms with van der Waals surface area (Å²) in [6.45, 7) is 22.7. The highest BCUT2D eigenvalue weighted by Crippen LogP contribution is 2.46. The molecule has 3 amide bonds. The van der Waals surface area contributed by atoms with Crippen molar-refractivity contribution >= 4 is 23.8 Å². The fourth-order valence-corrected chi connectivity index (χ4v) is 8.78. The minimum Gasteiger partial charge on any atom is -0.489 e. The molecule has 1 atom stereocenters. The van der Waals surface area contributed by atoms with Gasteiger partial charge in [-0.3, -0.25) is 4.79 Å². The Morgan fingerprint density at radius 3 is 1.80 bits per heavy atom. The standard InChI is InChI=1S/C47H67N5O7/c1-45(2,3)35-14-10-32(11-15-35)39-28-33(13-17-40(39)57-38-20-23-52(31-38)44(55)59-47(7,8)9)42(53)50-21-18-37(19-22-50)56-41-29-36(16-12-34(41)30-48)49-24-26-51(27-25-49)43(54)58-46(4,5)6/h12-13,16-17,28-29,32,35,37-38H,10-11,14-15,18-27,31H2,1-9H3/t32?,35?,38-/m0/s1. The number of amides is 3. The zero-order valence-corrected chi connectivity index (χ0v) is 37.0. The summed E-state index contributed by atoms with van der Waals surface area (Å²) in [7, 11) is 0. The molecule has 2 aromatic rings. The molecule has 0 bridgehead atoms. The van der Waals surface area contributed by atoms with E-state index in [0.717, 1.165) is 49.1 Å². The Morgan fingerprint density at radius 2 is 1.20 bits per heavy atom. The zero-order valence-electron chi connectivity index (χ0n) is 37.0. The van der Waals surface area contributed by atoms with Crippen LogP contribution >= 0.6 is 0 Å². The van der Waals surface area contributed by atoms with Crippen LogP contribution in [0.4, 0.5) is 15.3 Å². The smallest absolute Gasteiger partial charge is 0.410 e. The van der Waals surface area contributed by atoms with Gasteiger partial charge in [-0.25, -0.2) is 9.59 Å². The van der Waals surface area contributed by atoms with Gasteiger partial charge in [-0.2, -0.15) is 5.26 Å². The first-order valence-electron chi connectivity index (χ1n) is 21.8. The second kappa shape index (κ2) is 17.9. The second-order valence-electron chi connectivity index (χ2n) is 20.0. The van der Waals surface area contributed by atoms with Gasteiger partial charge in [-0.05, 0) is 120 Å². The van der Waals surface area contributed by atoms with Crippen LogP contribution in [0.5, 0.6) is 11.5 Å². The highest BCUT2D eigenvalue weighted by molar-refractivity contribution is 5.94. The number of ether oxygens (including phenoxy) is 4. The van der Waals surface area contributed by atoms with Crippen LogP contribution in [-0.2, 0) is 9.47 Å². The van der Waals surface area contributed by atoms with E-state index in [1.807, 2.05) is 70.7 Å². The van der Waals surface area contributed by atoms with Crippen molar-refractivity contribution in [3.63, 3.8) is 0 Å². The molecule has 3 heterocycles. The summed E-state index contributed by atoms with van der Waals surface area (Å²) in [5, 5.41) is 9.93. The molecule has 3 aliphatic heterocycles. The Labute approximate surface area is 352 Å². The molecule has 6 rings (SSSR count). The van der Waals surface area contributed by atoms with Gasteiger partial charge < -0.3 is 38.5 Å². The monoisotopic (exact) mass is 814 g/mol. The summed E-state index contributed by atoms with van der Waals surface area (Å²) in [5.41, 5.74) is 2.33. The van der Waals surface area contributed by atoms with E-state index in [1.165, 1.54) is 0 Å². The van der Waals surface area contributed by atoms with Gasteiger partial charge in [0.15, 0.2) is 0 Å². The van der Waals surface area contributed by atoms with Gasteiger partial charge in [-0.1, -0.05) is 20.8 Å². The lowest BCUT2D eigenvalue weighted by Crippen LogP contribution is -2.50. The second-order valence-corrected chi connectivity index (χ2v) is 20.0. The molecule has 322 valence electrons. The van der Waals surface area contributed by atoms with Gasteiger partial charge in [0.25, 0.3) is 5.91 Å².